The van der Waals surface area contributed by atoms with Gasteiger partial charge in [0.25, 0.3) is 5.91 Å². The molecule has 2 rings (SSSR count). The van der Waals surface area contributed by atoms with E-state index in [1.54, 1.807) is 0 Å². The van der Waals surface area contributed by atoms with E-state index in [-0.39, 0.29) is 22.5 Å². The monoisotopic (exact) mass is 284 g/mol. The van der Waals surface area contributed by atoms with E-state index in [1.807, 2.05) is 0 Å². The summed E-state index contributed by atoms with van der Waals surface area (Å²) < 4.78 is 0. The lowest BCUT2D eigenvalue weighted by Gasteiger charge is -2.11. The fourth-order valence-electron chi connectivity index (χ4n) is 2.15. The predicted molar refractivity (Wildman–Crippen MR) is 67.2 cm³/mol. The molecule has 0 bridgehead atoms. The van der Waals surface area contributed by atoms with Gasteiger partial charge in [0.2, 0.25) is 0 Å². The highest BCUT2D eigenvalue weighted by atomic mass is 32.1. The van der Waals surface area contributed by atoms with Gasteiger partial charge >= 0.3 is 11.0 Å². The zero-order chi connectivity index (χ0) is 14.0. The Morgan fingerprint density at radius 3 is 2.74 bits per heavy atom. The Morgan fingerprint density at radius 1 is 1.47 bits per heavy atom. The van der Waals surface area contributed by atoms with Crippen molar-refractivity contribution in [3.05, 3.63) is 27.1 Å². The summed E-state index contributed by atoms with van der Waals surface area (Å²) in [5.74, 6) is -1.65. The highest BCUT2D eigenvalue weighted by Gasteiger charge is 2.31. The summed E-state index contributed by atoms with van der Waals surface area (Å²) in [5.41, 5.74) is 0.246. The van der Waals surface area contributed by atoms with Gasteiger partial charge in [0.05, 0.1) is 16.4 Å². The molecule has 1 aromatic heterocycles. The number of nitrogens with zero attached hydrogens (tertiary/aromatic N) is 1. The molecule has 1 amide bonds. The summed E-state index contributed by atoms with van der Waals surface area (Å²) in [6.45, 7) is 0. The fraction of sp³-hybridized carbons (Fsp3) is 0.455. The maximum atomic E-state index is 11.8. The number of hydrogen-bond donors (Lipinski definition) is 2. The zero-order valence-electron chi connectivity index (χ0n) is 9.87. The number of nitrogens with one attached hydrogen (secondary N) is 1. The SMILES string of the molecule is O=C(NC1CCC(C(=O)O)C1)c1csc([N+](=O)[O-])c1. The number of hydrogen-bond acceptors (Lipinski definition) is 5. The summed E-state index contributed by atoms with van der Waals surface area (Å²) >= 11 is 0.895. The number of carbonyl (C=O) groups is 2. The number of thiophene rings is 1. The van der Waals surface area contributed by atoms with E-state index in [1.165, 1.54) is 11.4 Å². The Balaban J connectivity index is 1.94. The first-order valence-electron chi connectivity index (χ1n) is 5.74. The topological polar surface area (TPSA) is 110 Å². The lowest BCUT2D eigenvalue weighted by Crippen LogP contribution is -2.33. The van der Waals surface area contributed by atoms with Gasteiger partial charge in [-0.05, 0) is 19.3 Å². The van der Waals surface area contributed by atoms with Crippen LogP contribution in [0, 0.1) is 16.0 Å². The number of carboxylic acids is 1. The molecule has 2 unspecified atom stereocenters. The minimum Gasteiger partial charge on any atom is -0.481 e. The maximum absolute atomic E-state index is 11.8. The Hall–Kier alpha value is -1.96. The molecule has 0 aliphatic heterocycles. The normalized spacial score (nSPS) is 22.1. The van der Waals surface area contributed by atoms with E-state index in [4.69, 9.17) is 5.11 Å². The summed E-state index contributed by atoms with van der Waals surface area (Å²) in [6.07, 6.45) is 1.58. The van der Waals surface area contributed by atoms with Crippen molar-refractivity contribution in [1.29, 1.82) is 0 Å². The molecule has 0 saturated heterocycles. The van der Waals surface area contributed by atoms with Gasteiger partial charge in [0.15, 0.2) is 0 Å². The average molecular weight is 284 g/mol. The second-order valence-electron chi connectivity index (χ2n) is 4.45. The van der Waals surface area contributed by atoms with Crippen LogP contribution < -0.4 is 5.32 Å². The van der Waals surface area contributed by atoms with Crippen LogP contribution in [0.1, 0.15) is 29.6 Å². The lowest BCUT2D eigenvalue weighted by molar-refractivity contribution is -0.380. The van der Waals surface area contributed by atoms with Crippen LogP contribution in [0.5, 0.6) is 0 Å². The number of nitro groups is 1. The van der Waals surface area contributed by atoms with Crippen molar-refractivity contribution in [3.8, 4) is 0 Å². The van der Waals surface area contributed by atoms with Crippen molar-refractivity contribution >= 4 is 28.2 Å². The van der Waals surface area contributed by atoms with Gasteiger partial charge < -0.3 is 10.4 Å². The fourth-order valence-corrected chi connectivity index (χ4v) is 2.85. The molecule has 0 radical (unpaired) electrons. The average Bonchev–Trinajstić information content (AvgIpc) is 2.96. The van der Waals surface area contributed by atoms with E-state index < -0.39 is 16.8 Å². The van der Waals surface area contributed by atoms with Crippen LogP contribution in [0.25, 0.3) is 0 Å². The molecule has 7 nitrogen and oxygen atoms in total. The number of carboxylic acid groups (broad SMARTS) is 1. The molecule has 102 valence electrons. The summed E-state index contributed by atoms with van der Waals surface area (Å²) in [4.78, 5) is 32.6. The van der Waals surface area contributed by atoms with E-state index >= 15 is 0 Å². The number of rotatable bonds is 4. The van der Waals surface area contributed by atoms with Crippen molar-refractivity contribution in [2.24, 2.45) is 5.92 Å². The maximum Gasteiger partial charge on any atom is 0.324 e. The Kier molecular flexibility index (Phi) is 3.79. The van der Waals surface area contributed by atoms with Crippen molar-refractivity contribution in [1.82, 2.24) is 5.32 Å². The van der Waals surface area contributed by atoms with Crippen molar-refractivity contribution in [2.75, 3.05) is 0 Å². The highest BCUT2D eigenvalue weighted by molar-refractivity contribution is 7.13. The van der Waals surface area contributed by atoms with Gasteiger partial charge in [-0.15, -0.1) is 0 Å². The van der Waals surface area contributed by atoms with Crippen LogP contribution in [-0.2, 0) is 4.79 Å². The molecule has 1 heterocycles. The highest BCUT2D eigenvalue weighted by Crippen LogP contribution is 2.27. The van der Waals surface area contributed by atoms with Crippen molar-refractivity contribution in [2.45, 2.75) is 25.3 Å². The Morgan fingerprint density at radius 2 is 2.21 bits per heavy atom. The number of amides is 1. The molecule has 1 fully saturated rings. The zero-order valence-corrected chi connectivity index (χ0v) is 10.7. The quantitative estimate of drug-likeness (QED) is 0.645. The van der Waals surface area contributed by atoms with Gasteiger partial charge in [-0.2, -0.15) is 0 Å². The first-order valence-corrected chi connectivity index (χ1v) is 6.62. The predicted octanol–water partition coefficient (Wildman–Crippen LogP) is 1.64. The van der Waals surface area contributed by atoms with Crippen LogP contribution in [0.15, 0.2) is 11.4 Å². The second-order valence-corrected chi connectivity index (χ2v) is 5.34. The van der Waals surface area contributed by atoms with E-state index in [2.05, 4.69) is 5.32 Å². The molecule has 0 spiro atoms. The molecule has 1 aromatic rings. The second kappa shape index (κ2) is 5.35. The van der Waals surface area contributed by atoms with Crippen molar-refractivity contribution < 1.29 is 19.6 Å². The van der Waals surface area contributed by atoms with Crippen molar-refractivity contribution in [3.63, 3.8) is 0 Å². The minimum atomic E-state index is -0.845. The van der Waals surface area contributed by atoms with E-state index in [0.717, 1.165) is 11.3 Å². The number of carbonyl (C=O) groups excluding carboxylic acids is 1. The molecule has 2 atom stereocenters. The lowest BCUT2D eigenvalue weighted by atomic mass is 10.1. The molecule has 2 N–H and O–H groups in total. The molecule has 1 aliphatic carbocycles. The third kappa shape index (κ3) is 3.08. The largest absolute Gasteiger partial charge is 0.481 e. The van der Waals surface area contributed by atoms with Crippen LogP contribution in [0.3, 0.4) is 0 Å². The van der Waals surface area contributed by atoms with Gasteiger partial charge in [-0.1, -0.05) is 11.3 Å². The third-order valence-corrected chi connectivity index (χ3v) is 4.03. The van der Waals surface area contributed by atoms with Gasteiger partial charge in [0, 0.05) is 17.5 Å². The van der Waals surface area contributed by atoms with E-state index in [0.29, 0.717) is 19.3 Å². The van der Waals surface area contributed by atoms with E-state index in [9.17, 15) is 19.7 Å². The van der Waals surface area contributed by atoms with Gasteiger partial charge in [-0.3, -0.25) is 19.7 Å². The van der Waals surface area contributed by atoms with Gasteiger partial charge in [-0.25, -0.2) is 0 Å². The molecule has 8 heteroatoms. The first-order chi connectivity index (χ1) is 8.97. The molecular weight excluding hydrogens is 272 g/mol. The van der Waals surface area contributed by atoms with Crippen LogP contribution in [0.4, 0.5) is 5.00 Å². The Labute approximate surface area is 112 Å². The summed E-state index contributed by atoms with van der Waals surface area (Å²) in [5, 5.41) is 23.4. The number of aliphatic carboxylic acids is 1. The molecular formula is C11H12N2O5S. The summed E-state index contributed by atoms with van der Waals surface area (Å²) in [7, 11) is 0. The summed E-state index contributed by atoms with van der Waals surface area (Å²) in [6, 6.07) is 1.05. The molecule has 19 heavy (non-hydrogen) atoms. The Bertz CT molecular complexity index is 527. The molecule has 1 aliphatic rings. The standard InChI is InChI=1S/C11H12N2O5S/c14-10(7-4-9(13(17)18)19-5-7)12-8-2-1-6(3-8)11(15)16/h4-6,8H,1-3H2,(H,12,14)(H,15,16). The smallest absolute Gasteiger partial charge is 0.324 e. The van der Waals surface area contributed by atoms with Gasteiger partial charge in [0.1, 0.15) is 0 Å². The van der Waals surface area contributed by atoms with Crippen LogP contribution in [-0.4, -0.2) is 27.9 Å². The molecule has 0 aromatic carbocycles. The third-order valence-electron chi connectivity index (χ3n) is 3.14. The van der Waals surface area contributed by atoms with Crippen LogP contribution >= 0.6 is 11.3 Å². The minimum absolute atomic E-state index is 0.0833. The molecule has 1 saturated carbocycles. The van der Waals surface area contributed by atoms with Crippen LogP contribution in [0.2, 0.25) is 0 Å². The first kappa shape index (κ1) is 13.5.